The van der Waals surface area contributed by atoms with Crippen LogP contribution in [0.5, 0.6) is 0 Å². The highest BCUT2D eigenvalue weighted by Gasteiger charge is 2.14. The molecule has 8 heteroatoms. The Kier molecular flexibility index (Phi) is 4.10. The van der Waals surface area contributed by atoms with E-state index >= 15 is 0 Å². The Balaban J connectivity index is 2.34. The van der Waals surface area contributed by atoms with E-state index < -0.39 is 0 Å². The van der Waals surface area contributed by atoms with Crippen LogP contribution in [0.3, 0.4) is 0 Å². The van der Waals surface area contributed by atoms with Gasteiger partial charge in [0.25, 0.3) is 5.95 Å². The van der Waals surface area contributed by atoms with E-state index in [-0.39, 0.29) is 11.9 Å². The average Bonchev–Trinajstić information content (AvgIpc) is 2.97. The Labute approximate surface area is 116 Å². The van der Waals surface area contributed by atoms with Crippen LogP contribution in [-0.4, -0.2) is 37.8 Å². The summed E-state index contributed by atoms with van der Waals surface area (Å²) in [6.45, 7) is 5.03. The fraction of sp³-hybridized carbons (Fsp3) is 0.417. The van der Waals surface area contributed by atoms with Crippen molar-refractivity contribution in [2.24, 2.45) is 5.92 Å². The van der Waals surface area contributed by atoms with Crippen molar-refractivity contribution in [3.63, 3.8) is 0 Å². The Morgan fingerprint density at radius 1 is 1.45 bits per heavy atom. The average molecular weight is 272 g/mol. The smallest absolute Gasteiger partial charge is 0.257 e. The summed E-state index contributed by atoms with van der Waals surface area (Å²) in [5.41, 5.74) is 5.73. The van der Waals surface area contributed by atoms with E-state index in [9.17, 15) is 0 Å². The molecule has 20 heavy (non-hydrogen) atoms. The van der Waals surface area contributed by atoms with Gasteiger partial charge in [0.2, 0.25) is 11.9 Å². The fourth-order valence-electron chi connectivity index (χ4n) is 1.72. The van der Waals surface area contributed by atoms with E-state index in [1.54, 1.807) is 18.5 Å². The summed E-state index contributed by atoms with van der Waals surface area (Å²) in [5.74, 6) is 0.817. The first-order valence-corrected chi connectivity index (χ1v) is 6.30. The number of hydrogen-bond acceptors (Lipinski definition) is 7. The summed E-state index contributed by atoms with van der Waals surface area (Å²) in [5, 5.41) is 13.0. The lowest BCUT2D eigenvalue weighted by Gasteiger charge is -2.22. The third kappa shape index (κ3) is 3.00. The number of aromatic nitrogens is 5. The zero-order chi connectivity index (χ0) is 14.5. The van der Waals surface area contributed by atoms with Gasteiger partial charge in [-0.25, -0.2) is 4.68 Å². The molecule has 2 aromatic rings. The second-order valence-corrected chi connectivity index (χ2v) is 4.31. The van der Waals surface area contributed by atoms with Crippen LogP contribution in [-0.2, 0) is 0 Å². The van der Waals surface area contributed by atoms with Gasteiger partial charge in [-0.1, -0.05) is 0 Å². The van der Waals surface area contributed by atoms with Crippen LogP contribution in [0.2, 0.25) is 0 Å². The first-order chi connectivity index (χ1) is 9.63. The summed E-state index contributed by atoms with van der Waals surface area (Å²) in [4.78, 5) is 14.4. The SMILES string of the molecule is CCN(CC(C)C#N)c1nc(N)nc(-n2cccn2)n1. The number of rotatable bonds is 5. The van der Waals surface area contributed by atoms with Crippen LogP contribution in [0.4, 0.5) is 11.9 Å². The Morgan fingerprint density at radius 3 is 2.85 bits per heavy atom. The molecule has 0 amide bonds. The highest BCUT2D eigenvalue weighted by Crippen LogP contribution is 2.13. The van der Waals surface area contributed by atoms with E-state index in [0.29, 0.717) is 25.0 Å². The second kappa shape index (κ2) is 5.97. The minimum absolute atomic E-state index is 0.124. The molecule has 104 valence electrons. The first kappa shape index (κ1) is 13.7. The molecular formula is C12H16N8. The van der Waals surface area contributed by atoms with E-state index in [0.717, 1.165) is 0 Å². The van der Waals surface area contributed by atoms with E-state index in [1.165, 1.54) is 4.68 Å². The van der Waals surface area contributed by atoms with Gasteiger partial charge in [0.15, 0.2) is 0 Å². The quantitative estimate of drug-likeness (QED) is 0.849. The monoisotopic (exact) mass is 272 g/mol. The van der Waals surface area contributed by atoms with E-state index in [1.807, 2.05) is 18.7 Å². The highest BCUT2D eigenvalue weighted by molar-refractivity contribution is 5.37. The Bertz CT molecular complexity index is 600. The predicted octanol–water partition coefficient (Wildman–Crippen LogP) is 0.625. The van der Waals surface area contributed by atoms with Gasteiger partial charge in [0.1, 0.15) is 0 Å². The topological polar surface area (TPSA) is 110 Å². The van der Waals surface area contributed by atoms with Crippen molar-refractivity contribution < 1.29 is 0 Å². The van der Waals surface area contributed by atoms with Gasteiger partial charge < -0.3 is 10.6 Å². The molecular weight excluding hydrogens is 256 g/mol. The van der Waals surface area contributed by atoms with Gasteiger partial charge in [0, 0.05) is 25.5 Å². The lowest BCUT2D eigenvalue weighted by molar-refractivity contribution is 0.665. The molecule has 2 heterocycles. The number of hydrogen-bond donors (Lipinski definition) is 1. The molecule has 2 rings (SSSR count). The van der Waals surface area contributed by atoms with Gasteiger partial charge in [-0.2, -0.15) is 25.3 Å². The Hall–Kier alpha value is -2.69. The maximum Gasteiger partial charge on any atom is 0.257 e. The molecule has 0 saturated carbocycles. The molecule has 2 aromatic heterocycles. The molecule has 0 aromatic carbocycles. The molecule has 0 aliphatic heterocycles. The van der Waals surface area contributed by atoms with E-state index in [4.69, 9.17) is 11.0 Å². The molecule has 1 atom stereocenters. The molecule has 0 saturated heterocycles. The molecule has 0 spiro atoms. The minimum atomic E-state index is -0.124. The minimum Gasteiger partial charge on any atom is -0.368 e. The molecule has 0 fully saturated rings. The van der Waals surface area contributed by atoms with Crippen molar-refractivity contribution in [2.45, 2.75) is 13.8 Å². The number of nitrogens with zero attached hydrogens (tertiary/aromatic N) is 7. The fourth-order valence-corrected chi connectivity index (χ4v) is 1.72. The lowest BCUT2D eigenvalue weighted by atomic mass is 10.2. The molecule has 2 N–H and O–H groups in total. The van der Waals surface area contributed by atoms with Crippen LogP contribution in [0.15, 0.2) is 18.5 Å². The lowest BCUT2D eigenvalue weighted by Crippen LogP contribution is -2.30. The number of nitriles is 1. The van der Waals surface area contributed by atoms with Crippen molar-refractivity contribution in [3.05, 3.63) is 18.5 Å². The Morgan fingerprint density at radius 2 is 2.25 bits per heavy atom. The van der Waals surface area contributed by atoms with Gasteiger partial charge in [-0.15, -0.1) is 0 Å². The maximum absolute atomic E-state index is 8.92. The number of nitrogen functional groups attached to an aromatic ring is 1. The van der Waals surface area contributed by atoms with Gasteiger partial charge in [-0.3, -0.25) is 0 Å². The second-order valence-electron chi connectivity index (χ2n) is 4.31. The summed E-state index contributed by atoms with van der Waals surface area (Å²) < 4.78 is 1.52. The van der Waals surface area contributed by atoms with Crippen LogP contribution >= 0.6 is 0 Å². The van der Waals surface area contributed by atoms with Crippen molar-refractivity contribution in [2.75, 3.05) is 23.7 Å². The molecule has 1 unspecified atom stereocenters. The largest absolute Gasteiger partial charge is 0.368 e. The van der Waals surface area contributed by atoms with Gasteiger partial charge >= 0.3 is 0 Å². The zero-order valence-electron chi connectivity index (χ0n) is 11.4. The summed E-state index contributed by atoms with van der Waals surface area (Å²) in [6.07, 6.45) is 3.36. The van der Waals surface area contributed by atoms with Gasteiger partial charge in [-0.05, 0) is 19.9 Å². The predicted molar refractivity (Wildman–Crippen MR) is 74.0 cm³/mol. The van der Waals surface area contributed by atoms with Crippen LogP contribution in [0.1, 0.15) is 13.8 Å². The molecule has 0 bridgehead atoms. The van der Waals surface area contributed by atoms with Crippen molar-refractivity contribution in [1.82, 2.24) is 24.7 Å². The van der Waals surface area contributed by atoms with E-state index in [2.05, 4.69) is 26.1 Å². The van der Waals surface area contributed by atoms with Crippen molar-refractivity contribution in [3.8, 4) is 12.0 Å². The molecule has 0 aliphatic carbocycles. The summed E-state index contributed by atoms with van der Waals surface area (Å²) in [6, 6.07) is 3.97. The third-order valence-electron chi connectivity index (χ3n) is 2.72. The van der Waals surface area contributed by atoms with Crippen LogP contribution in [0.25, 0.3) is 5.95 Å². The molecule has 0 radical (unpaired) electrons. The number of anilines is 2. The maximum atomic E-state index is 8.92. The standard InChI is InChI=1S/C12H16N8/c1-3-19(8-9(2)7-13)11-16-10(14)17-12(18-11)20-6-4-5-15-20/h4-6,9H,3,8H2,1-2H3,(H2,14,16,17,18). The first-order valence-electron chi connectivity index (χ1n) is 6.30. The van der Waals surface area contributed by atoms with Crippen molar-refractivity contribution >= 4 is 11.9 Å². The summed E-state index contributed by atoms with van der Waals surface area (Å²) >= 11 is 0. The normalized spacial score (nSPS) is 11.8. The zero-order valence-corrected chi connectivity index (χ0v) is 11.4. The summed E-state index contributed by atoms with van der Waals surface area (Å²) in [7, 11) is 0. The van der Waals surface area contributed by atoms with Gasteiger partial charge in [0.05, 0.1) is 12.0 Å². The van der Waals surface area contributed by atoms with Crippen molar-refractivity contribution in [1.29, 1.82) is 5.26 Å². The number of nitrogens with two attached hydrogens (primary N) is 1. The molecule has 8 nitrogen and oxygen atoms in total. The highest BCUT2D eigenvalue weighted by atomic mass is 15.4. The van der Waals surface area contributed by atoms with Crippen LogP contribution < -0.4 is 10.6 Å². The molecule has 0 aliphatic rings. The third-order valence-corrected chi connectivity index (χ3v) is 2.72. The van der Waals surface area contributed by atoms with Crippen LogP contribution in [0, 0.1) is 17.2 Å².